The van der Waals surface area contributed by atoms with Gasteiger partial charge in [0.25, 0.3) is 0 Å². The van der Waals surface area contributed by atoms with Crippen LogP contribution >= 0.6 is 0 Å². The number of amides is 3. The van der Waals surface area contributed by atoms with Crippen molar-refractivity contribution in [2.24, 2.45) is 0 Å². The number of hydrogen-bond acceptors (Lipinski definition) is 10. The molecule has 4 heterocycles. The summed E-state index contributed by atoms with van der Waals surface area (Å²) in [6.45, 7) is 2.11. The maximum absolute atomic E-state index is 12.4. The number of nitrogens with zero attached hydrogens (tertiary/aromatic N) is 5. The summed E-state index contributed by atoms with van der Waals surface area (Å²) < 4.78 is 47.8. The minimum absolute atomic E-state index is 0. The Morgan fingerprint density at radius 1 is 1.21 bits per heavy atom. The molecule has 28 heavy (non-hydrogen) atoms. The molecule has 148 valence electrons. The Labute approximate surface area is 182 Å². The summed E-state index contributed by atoms with van der Waals surface area (Å²) in [5.74, 6) is -1.09. The Hall–Kier alpha value is -1.29. The molecule has 0 unspecified atom stereocenters. The third kappa shape index (κ3) is 4.17. The molecule has 3 aliphatic rings. The Balaban J connectivity index is 0.00000225. The predicted octanol–water partition coefficient (Wildman–Crippen LogP) is -4.47. The molecule has 1 aromatic rings. The number of carbonyl (C=O) groups is 2. The van der Waals surface area contributed by atoms with Gasteiger partial charge in [-0.3, -0.25) is 4.79 Å². The van der Waals surface area contributed by atoms with E-state index >= 15 is 0 Å². The number of piperidine rings is 1. The van der Waals surface area contributed by atoms with E-state index in [0.29, 0.717) is 44.3 Å². The average molecular weight is 425 g/mol. The third-order valence-electron chi connectivity index (χ3n) is 4.75. The van der Waals surface area contributed by atoms with Crippen LogP contribution < -0.4 is 29.6 Å². The number of hydrogen-bond donors (Lipinski definition) is 0. The summed E-state index contributed by atoms with van der Waals surface area (Å²) in [4.78, 5) is 27.5. The van der Waals surface area contributed by atoms with Crippen LogP contribution in [0.15, 0.2) is 4.42 Å². The zero-order valence-corrected chi connectivity index (χ0v) is 17.8. The summed E-state index contributed by atoms with van der Waals surface area (Å²) in [6, 6.07) is -1.51. The van der Waals surface area contributed by atoms with Gasteiger partial charge in [-0.25, -0.2) is 13.2 Å². The first-order valence-corrected chi connectivity index (χ1v) is 9.61. The fourth-order valence-corrected chi connectivity index (χ4v) is 3.84. The molecule has 0 saturated carbocycles. The van der Waals surface area contributed by atoms with E-state index in [2.05, 4.69) is 14.5 Å². The van der Waals surface area contributed by atoms with Crippen LogP contribution in [0.25, 0.3) is 0 Å². The molecule has 0 N–H and O–H groups in total. The van der Waals surface area contributed by atoms with Gasteiger partial charge in [0.05, 0.1) is 25.2 Å². The fraction of sp³-hybridized carbons (Fsp3) is 0.692. The van der Waals surface area contributed by atoms with E-state index in [1.165, 1.54) is 9.80 Å². The van der Waals surface area contributed by atoms with Crippen molar-refractivity contribution in [3.05, 3.63) is 11.8 Å². The Morgan fingerprint density at radius 3 is 2.61 bits per heavy atom. The van der Waals surface area contributed by atoms with Crippen LogP contribution in [0.2, 0.25) is 0 Å². The number of carbonyl (C=O) groups excluding carboxylic acids is 2. The summed E-state index contributed by atoms with van der Waals surface area (Å²) in [7, 11) is -5.12. The molecule has 2 atom stereocenters. The number of urea groups is 1. The fourth-order valence-electron chi connectivity index (χ4n) is 3.47. The van der Waals surface area contributed by atoms with Crippen molar-refractivity contribution < 1.29 is 65.6 Å². The van der Waals surface area contributed by atoms with Crippen molar-refractivity contribution in [3.63, 3.8) is 0 Å². The second-order valence-corrected chi connectivity index (χ2v) is 7.32. The normalized spacial score (nSPS) is 25.0. The van der Waals surface area contributed by atoms with Crippen LogP contribution in [0, 0.1) is 0 Å². The number of ether oxygens (including phenoxy) is 1. The smallest absolute Gasteiger partial charge is 0.724 e. The van der Waals surface area contributed by atoms with Crippen molar-refractivity contribution >= 4 is 22.3 Å². The van der Waals surface area contributed by atoms with Gasteiger partial charge in [0.15, 0.2) is 0 Å². The van der Waals surface area contributed by atoms with Crippen molar-refractivity contribution in [2.45, 2.75) is 18.4 Å². The van der Waals surface area contributed by atoms with Gasteiger partial charge in [0.1, 0.15) is 0 Å². The van der Waals surface area contributed by atoms with Crippen molar-refractivity contribution in [1.29, 1.82) is 0 Å². The number of aromatic nitrogens is 2. The second-order valence-electron chi connectivity index (χ2n) is 6.35. The standard InChI is InChI=1S/C13H17N5O8S.Na/c19-12(16-3-5-24-6-4-16)11-15-14-10(25-11)8-1-2-17-7-9(8)18(13(17)20)26-27(21,22)23;/h8-9H,1-7H2,(H,21,22,23);/q;+1/p-1/t8-,9+;/m1./s1. The molecule has 3 amide bonds. The number of hydroxylamine groups is 2. The van der Waals surface area contributed by atoms with Gasteiger partial charge in [0, 0.05) is 26.2 Å². The van der Waals surface area contributed by atoms with Crippen LogP contribution in [0.5, 0.6) is 0 Å². The molecule has 15 heteroatoms. The van der Waals surface area contributed by atoms with E-state index in [4.69, 9.17) is 9.15 Å². The first-order valence-electron chi connectivity index (χ1n) is 8.27. The Morgan fingerprint density at radius 2 is 1.93 bits per heavy atom. The van der Waals surface area contributed by atoms with E-state index in [9.17, 15) is 22.6 Å². The molecule has 0 aromatic carbocycles. The molecule has 13 nitrogen and oxygen atoms in total. The summed E-state index contributed by atoms with van der Waals surface area (Å²) in [5, 5.41) is 8.21. The molecular weight excluding hydrogens is 409 g/mol. The Kier molecular flexibility index (Phi) is 6.29. The van der Waals surface area contributed by atoms with E-state index in [1.807, 2.05) is 0 Å². The second kappa shape index (κ2) is 8.22. The van der Waals surface area contributed by atoms with E-state index in [0.717, 1.165) is 0 Å². The van der Waals surface area contributed by atoms with Gasteiger partial charge in [-0.1, -0.05) is 0 Å². The first-order chi connectivity index (χ1) is 12.8. The van der Waals surface area contributed by atoms with E-state index in [-0.39, 0.29) is 47.9 Å². The first kappa shape index (κ1) is 21.4. The number of morpholine rings is 1. The summed E-state index contributed by atoms with van der Waals surface area (Å²) in [5.41, 5.74) is 0. The SMILES string of the molecule is O=C(c1nnc([C@@H]2CCN3C[C@@H]2N(OS(=O)(=O)[O-])C3=O)o1)N1CCOCC1.[Na+]. The maximum Gasteiger partial charge on any atom is 1.00 e. The molecule has 4 rings (SSSR count). The Bertz CT molecular complexity index is 857. The van der Waals surface area contributed by atoms with Crippen molar-refractivity contribution in [3.8, 4) is 0 Å². The minimum Gasteiger partial charge on any atom is -0.724 e. The molecule has 3 aliphatic heterocycles. The van der Waals surface area contributed by atoms with Gasteiger partial charge in [-0.15, -0.1) is 10.2 Å². The van der Waals surface area contributed by atoms with Crippen LogP contribution in [0.3, 0.4) is 0 Å². The van der Waals surface area contributed by atoms with Crippen LogP contribution in [0.4, 0.5) is 4.79 Å². The average Bonchev–Trinajstić information content (AvgIpc) is 3.22. The largest absolute Gasteiger partial charge is 1.00 e. The number of fused-ring (bicyclic) bond motifs is 2. The van der Waals surface area contributed by atoms with Crippen molar-refractivity contribution in [2.75, 3.05) is 39.4 Å². The van der Waals surface area contributed by atoms with Gasteiger partial charge in [-0.2, -0.15) is 9.35 Å². The minimum atomic E-state index is -5.12. The van der Waals surface area contributed by atoms with Gasteiger partial charge < -0.3 is 23.5 Å². The molecule has 3 fully saturated rings. The van der Waals surface area contributed by atoms with E-state index in [1.54, 1.807) is 0 Å². The van der Waals surface area contributed by atoms with Crippen LogP contribution in [0.1, 0.15) is 28.9 Å². The van der Waals surface area contributed by atoms with Gasteiger partial charge in [0.2, 0.25) is 16.3 Å². The predicted molar refractivity (Wildman–Crippen MR) is 81.8 cm³/mol. The molecule has 3 saturated heterocycles. The van der Waals surface area contributed by atoms with Gasteiger partial charge >= 0.3 is 47.4 Å². The summed E-state index contributed by atoms with van der Waals surface area (Å²) >= 11 is 0. The molecule has 0 radical (unpaired) electrons. The van der Waals surface area contributed by atoms with Crippen LogP contribution in [-0.2, 0) is 19.4 Å². The van der Waals surface area contributed by atoms with Gasteiger partial charge in [-0.05, 0) is 6.42 Å². The quantitative estimate of drug-likeness (QED) is 0.262. The number of rotatable bonds is 4. The summed E-state index contributed by atoms with van der Waals surface area (Å²) in [6.07, 6.45) is 0.391. The zero-order chi connectivity index (χ0) is 19.2. The zero-order valence-electron chi connectivity index (χ0n) is 15.0. The molecule has 0 aliphatic carbocycles. The third-order valence-corrected chi connectivity index (χ3v) is 5.10. The molecular formula is C13H16N5NaO8S. The maximum atomic E-state index is 12.4. The monoisotopic (exact) mass is 425 g/mol. The van der Waals surface area contributed by atoms with Crippen LogP contribution in [-0.4, -0.2) is 95.4 Å². The molecule has 2 bridgehead atoms. The molecule has 0 spiro atoms. The van der Waals surface area contributed by atoms with E-state index < -0.39 is 34.3 Å². The molecule has 1 aromatic heterocycles. The topological polar surface area (TPSA) is 158 Å². The van der Waals surface area contributed by atoms with Crippen molar-refractivity contribution in [1.82, 2.24) is 25.1 Å².